The first-order chi connectivity index (χ1) is 9.89. The summed E-state index contributed by atoms with van der Waals surface area (Å²) in [5.41, 5.74) is 2.51. The maximum atomic E-state index is 5.24. The van der Waals surface area contributed by atoms with Crippen LogP contribution < -0.4 is 10.2 Å². The molecule has 0 spiro atoms. The molecule has 1 aliphatic rings. The number of aryl methyl sites for hydroxylation is 1. The van der Waals surface area contributed by atoms with Gasteiger partial charge < -0.3 is 15.0 Å². The van der Waals surface area contributed by atoms with Crippen molar-refractivity contribution in [3.63, 3.8) is 0 Å². The number of aromatic nitrogens is 1. The second-order valence-corrected chi connectivity index (χ2v) is 7.00. The van der Waals surface area contributed by atoms with E-state index in [-0.39, 0.29) is 5.54 Å². The van der Waals surface area contributed by atoms with Crippen LogP contribution in [0.5, 0.6) is 0 Å². The molecule has 0 aromatic carbocycles. The fraction of sp³-hybridized carbons (Fsp3) is 0.706. The SMILES string of the molecule is COCCN(c1cc(CNC(C)(C)C)cc(C)n1)C1CC1. The van der Waals surface area contributed by atoms with Crippen molar-refractivity contribution in [2.24, 2.45) is 0 Å². The smallest absolute Gasteiger partial charge is 0.129 e. The summed E-state index contributed by atoms with van der Waals surface area (Å²) in [7, 11) is 1.76. The van der Waals surface area contributed by atoms with Crippen LogP contribution in [-0.4, -0.2) is 36.8 Å². The van der Waals surface area contributed by atoms with Gasteiger partial charge in [-0.2, -0.15) is 0 Å². The Hall–Kier alpha value is -1.13. The molecule has 1 N–H and O–H groups in total. The molecule has 118 valence electrons. The molecular formula is C17H29N3O. The van der Waals surface area contributed by atoms with Crippen molar-refractivity contribution >= 4 is 5.82 Å². The van der Waals surface area contributed by atoms with E-state index in [1.54, 1.807) is 7.11 Å². The van der Waals surface area contributed by atoms with Crippen molar-refractivity contribution in [2.45, 2.75) is 58.7 Å². The summed E-state index contributed by atoms with van der Waals surface area (Å²) >= 11 is 0. The number of pyridine rings is 1. The Morgan fingerprint density at radius 1 is 1.33 bits per heavy atom. The number of nitrogens with one attached hydrogen (secondary N) is 1. The highest BCUT2D eigenvalue weighted by Gasteiger charge is 2.30. The van der Waals surface area contributed by atoms with Gasteiger partial charge in [-0.1, -0.05) is 0 Å². The second kappa shape index (κ2) is 6.75. The Kier molecular flexibility index (Phi) is 5.22. The first-order valence-electron chi connectivity index (χ1n) is 7.87. The molecule has 1 saturated carbocycles. The molecule has 1 heterocycles. The molecule has 1 aliphatic carbocycles. The van der Waals surface area contributed by atoms with E-state index in [2.05, 4.69) is 50.0 Å². The first-order valence-corrected chi connectivity index (χ1v) is 7.87. The van der Waals surface area contributed by atoms with Gasteiger partial charge in [0.25, 0.3) is 0 Å². The van der Waals surface area contributed by atoms with Crippen LogP contribution in [0.3, 0.4) is 0 Å². The number of anilines is 1. The van der Waals surface area contributed by atoms with E-state index in [0.29, 0.717) is 6.04 Å². The van der Waals surface area contributed by atoms with Crippen molar-refractivity contribution in [1.29, 1.82) is 0 Å². The summed E-state index contributed by atoms with van der Waals surface area (Å²) in [6.07, 6.45) is 2.55. The van der Waals surface area contributed by atoms with Crippen molar-refractivity contribution in [3.05, 3.63) is 23.4 Å². The summed E-state index contributed by atoms with van der Waals surface area (Å²) in [5.74, 6) is 1.10. The van der Waals surface area contributed by atoms with Crippen LogP contribution in [-0.2, 0) is 11.3 Å². The molecular weight excluding hydrogens is 262 g/mol. The zero-order valence-electron chi connectivity index (χ0n) is 14.1. The fourth-order valence-corrected chi connectivity index (χ4v) is 2.40. The fourth-order valence-electron chi connectivity index (χ4n) is 2.40. The normalized spacial score (nSPS) is 15.3. The van der Waals surface area contributed by atoms with Crippen molar-refractivity contribution in [3.8, 4) is 0 Å². The zero-order chi connectivity index (χ0) is 15.5. The summed E-state index contributed by atoms with van der Waals surface area (Å²) in [5, 5.41) is 3.55. The lowest BCUT2D eigenvalue weighted by Gasteiger charge is -2.25. The third kappa shape index (κ3) is 5.29. The van der Waals surface area contributed by atoms with Gasteiger partial charge in [-0.25, -0.2) is 4.98 Å². The average molecular weight is 291 g/mol. The van der Waals surface area contributed by atoms with Crippen LogP contribution in [0, 0.1) is 6.92 Å². The predicted molar refractivity (Wildman–Crippen MR) is 87.8 cm³/mol. The number of hydrogen-bond acceptors (Lipinski definition) is 4. The third-order valence-corrected chi connectivity index (χ3v) is 3.64. The summed E-state index contributed by atoms with van der Waals surface area (Å²) < 4.78 is 5.24. The number of nitrogens with zero attached hydrogens (tertiary/aromatic N) is 2. The van der Waals surface area contributed by atoms with E-state index in [0.717, 1.165) is 31.2 Å². The minimum absolute atomic E-state index is 0.129. The molecule has 4 heteroatoms. The highest BCUT2D eigenvalue weighted by atomic mass is 16.5. The Labute approximate surface area is 128 Å². The highest BCUT2D eigenvalue weighted by Crippen LogP contribution is 2.31. The van der Waals surface area contributed by atoms with Crippen LogP contribution in [0.15, 0.2) is 12.1 Å². The molecule has 0 aliphatic heterocycles. The Balaban J connectivity index is 2.12. The minimum Gasteiger partial charge on any atom is -0.383 e. The van der Waals surface area contributed by atoms with Crippen LogP contribution >= 0.6 is 0 Å². The van der Waals surface area contributed by atoms with Crippen molar-refractivity contribution in [1.82, 2.24) is 10.3 Å². The maximum absolute atomic E-state index is 5.24. The molecule has 0 radical (unpaired) electrons. The van der Waals surface area contributed by atoms with Crippen LogP contribution in [0.4, 0.5) is 5.82 Å². The molecule has 0 saturated heterocycles. The first kappa shape index (κ1) is 16.2. The van der Waals surface area contributed by atoms with Gasteiger partial charge in [0, 0.05) is 37.5 Å². The number of rotatable bonds is 7. The number of hydrogen-bond donors (Lipinski definition) is 1. The summed E-state index contributed by atoms with van der Waals surface area (Å²) in [6, 6.07) is 5.04. The second-order valence-electron chi connectivity index (χ2n) is 7.00. The highest BCUT2D eigenvalue weighted by molar-refractivity contribution is 5.45. The lowest BCUT2D eigenvalue weighted by Crippen LogP contribution is -2.35. The van der Waals surface area contributed by atoms with E-state index in [9.17, 15) is 0 Å². The molecule has 0 bridgehead atoms. The van der Waals surface area contributed by atoms with Crippen molar-refractivity contribution < 1.29 is 4.74 Å². The van der Waals surface area contributed by atoms with E-state index in [4.69, 9.17) is 9.72 Å². The van der Waals surface area contributed by atoms with E-state index >= 15 is 0 Å². The standard InChI is InChI=1S/C17H29N3O/c1-13-10-14(12-18-17(2,3)4)11-16(19-13)20(8-9-21-5)15-6-7-15/h10-11,15,18H,6-9,12H2,1-5H3. The van der Waals surface area contributed by atoms with E-state index < -0.39 is 0 Å². The zero-order valence-corrected chi connectivity index (χ0v) is 14.1. The Morgan fingerprint density at radius 2 is 2.05 bits per heavy atom. The molecule has 0 atom stereocenters. The molecule has 1 aromatic rings. The van der Waals surface area contributed by atoms with Crippen LogP contribution in [0.2, 0.25) is 0 Å². The van der Waals surface area contributed by atoms with Crippen LogP contribution in [0.1, 0.15) is 44.9 Å². The largest absolute Gasteiger partial charge is 0.383 e. The summed E-state index contributed by atoms with van der Waals surface area (Å²) in [6.45, 7) is 11.2. The molecule has 1 aromatic heterocycles. The average Bonchev–Trinajstić information content (AvgIpc) is 3.20. The molecule has 1 fully saturated rings. The van der Waals surface area contributed by atoms with Gasteiger partial charge in [0.1, 0.15) is 5.82 Å². The lowest BCUT2D eigenvalue weighted by atomic mass is 10.1. The molecule has 2 rings (SSSR count). The van der Waals surface area contributed by atoms with Crippen LogP contribution in [0.25, 0.3) is 0 Å². The number of ether oxygens (including phenoxy) is 1. The van der Waals surface area contributed by atoms with Gasteiger partial charge in [-0.05, 0) is 58.2 Å². The van der Waals surface area contributed by atoms with Gasteiger partial charge in [-0.3, -0.25) is 0 Å². The van der Waals surface area contributed by atoms with E-state index in [1.807, 2.05) is 0 Å². The Morgan fingerprint density at radius 3 is 2.62 bits per heavy atom. The lowest BCUT2D eigenvalue weighted by molar-refractivity contribution is 0.204. The quantitative estimate of drug-likeness (QED) is 0.838. The van der Waals surface area contributed by atoms with Gasteiger partial charge in [-0.15, -0.1) is 0 Å². The third-order valence-electron chi connectivity index (χ3n) is 3.64. The number of methoxy groups -OCH3 is 1. The molecule has 0 unspecified atom stereocenters. The van der Waals surface area contributed by atoms with Crippen molar-refractivity contribution in [2.75, 3.05) is 25.2 Å². The summed E-state index contributed by atoms with van der Waals surface area (Å²) in [4.78, 5) is 7.14. The monoisotopic (exact) mass is 291 g/mol. The molecule has 21 heavy (non-hydrogen) atoms. The van der Waals surface area contributed by atoms with E-state index in [1.165, 1.54) is 18.4 Å². The maximum Gasteiger partial charge on any atom is 0.129 e. The molecule has 4 nitrogen and oxygen atoms in total. The van der Waals surface area contributed by atoms with Gasteiger partial charge in [0.15, 0.2) is 0 Å². The van der Waals surface area contributed by atoms with Gasteiger partial charge >= 0.3 is 0 Å². The topological polar surface area (TPSA) is 37.4 Å². The minimum atomic E-state index is 0.129. The van der Waals surface area contributed by atoms with Gasteiger partial charge in [0.2, 0.25) is 0 Å². The Bertz CT molecular complexity index is 464. The predicted octanol–water partition coefficient (Wildman–Crippen LogP) is 2.89. The van der Waals surface area contributed by atoms with Gasteiger partial charge in [0.05, 0.1) is 6.61 Å². The molecule has 0 amide bonds.